The molecule has 2 aliphatic rings. The lowest BCUT2D eigenvalue weighted by Crippen LogP contribution is -2.41. The lowest BCUT2D eigenvalue weighted by molar-refractivity contribution is -0.120. The highest BCUT2D eigenvalue weighted by Crippen LogP contribution is 2.35. The van der Waals surface area contributed by atoms with Crippen LogP contribution < -0.4 is 5.32 Å². The lowest BCUT2D eigenvalue weighted by atomic mass is 9.97. The molecule has 166 valence electrons. The monoisotopic (exact) mass is 462 g/mol. The molecule has 1 amide bonds. The maximum atomic E-state index is 13.1. The second-order valence-electron chi connectivity index (χ2n) is 8.17. The van der Waals surface area contributed by atoms with E-state index in [2.05, 4.69) is 17.4 Å². The number of hydrogen-bond acceptors (Lipinski definition) is 4. The number of halogens is 1. The van der Waals surface area contributed by atoms with Crippen LogP contribution >= 0.6 is 11.8 Å². The van der Waals surface area contributed by atoms with Gasteiger partial charge in [-0.05, 0) is 74.2 Å². The minimum Gasteiger partial charge on any atom is -0.326 e. The van der Waals surface area contributed by atoms with Gasteiger partial charge in [0.05, 0.1) is 4.90 Å². The molecule has 0 bridgehead atoms. The molecule has 8 heteroatoms. The van der Waals surface area contributed by atoms with Crippen LogP contribution in [0.3, 0.4) is 0 Å². The minimum atomic E-state index is -3.67. The van der Waals surface area contributed by atoms with E-state index in [9.17, 15) is 17.6 Å². The Morgan fingerprint density at radius 1 is 0.935 bits per heavy atom. The zero-order valence-corrected chi connectivity index (χ0v) is 18.9. The van der Waals surface area contributed by atoms with Crippen molar-refractivity contribution in [2.75, 3.05) is 18.4 Å². The summed E-state index contributed by atoms with van der Waals surface area (Å²) in [6, 6.07) is 12.8. The molecule has 4 rings (SSSR count). The Hall–Kier alpha value is -1.90. The fourth-order valence-electron chi connectivity index (χ4n) is 4.17. The summed E-state index contributed by atoms with van der Waals surface area (Å²) in [4.78, 5) is 14.0. The van der Waals surface area contributed by atoms with Gasteiger partial charge in [-0.15, -0.1) is 11.8 Å². The molecule has 2 fully saturated rings. The van der Waals surface area contributed by atoms with Crippen molar-refractivity contribution in [3.05, 3.63) is 54.3 Å². The summed E-state index contributed by atoms with van der Waals surface area (Å²) in [7, 11) is -3.67. The Labute approximate surface area is 187 Å². The number of rotatable bonds is 6. The second kappa shape index (κ2) is 9.71. The van der Waals surface area contributed by atoms with Gasteiger partial charge in [0.15, 0.2) is 0 Å². The number of nitrogens with zero attached hydrogens (tertiary/aromatic N) is 1. The van der Waals surface area contributed by atoms with Crippen molar-refractivity contribution in [2.45, 2.75) is 53.6 Å². The molecule has 1 aliphatic heterocycles. The number of hydrogen-bond donors (Lipinski definition) is 1. The third-order valence-electron chi connectivity index (χ3n) is 6.00. The molecule has 1 aliphatic carbocycles. The Kier molecular flexibility index (Phi) is 6.99. The van der Waals surface area contributed by atoms with Crippen LogP contribution in [0, 0.1) is 11.7 Å². The Bertz CT molecular complexity index is 996. The standard InChI is InChI=1S/C23H27FN2O3S2/c24-18-5-11-22(12-6-18)31(28,29)26-15-13-17(14-16-26)23(27)25-19-7-9-21(10-8-19)30-20-3-1-2-4-20/h5-12,17,20H,1-4,13-16H2,(H,25,27). The maximum Gasteiger partial charge on any atom is 0.243 e. The molecular weight excluding hydrogens is 435 g/mol. The van der Waals surface area contributed by atoms with E-state index in [0.717, 1.165) is 17.8 Å². The minimum absolute atomic E-state index is 0.0740. The van der Waals surface area contributed by atoms with Crippen molar-refractivity contribution in [3.63, 3.8) is 0 Å². The van der Waals surface area contributed by atoms with Gasteiger partial charge in [0.1, 0.15) is 5.82 Å². The van der Waals surface area contributed by atoms with E-state index in [-0.39, 0.29) is 29.8 Å². The van der Waals surface area contributed by atoms with E-state index < -0.39 is 15.8 Å². The van der Waals surface area contributed by atoms with Crippen LogP contribution in [0.4, 0.5) is 10.1 Å². The van der Waals surface area contributed by atoms with E-state index in [1.54, 1.807) is 0 Å². The summed E-state index contributed by atoms with van der Waals surface area (Å²) in [6.07, 6.45) is 6.10. The quantitative estimate of drug-likeness (QED) is 0.663. The molecule has 1 saturated carbocycles. The molecule has 31 heavy (non-hydrogen) atoms. The molecule has 2 aromatic rings. The zero-order chi connectivity index (χ0) is 21.8. The van der Waals surface area contributed by atoms with Gasteiger partial charge in [0, 0.05) is 34.8 Å². The number of piperidine rings is 1. The van der Waals surface area contributed by atoms with E-state index in [4.69, 9.17) is 0 Å². The molecule has 0 aromatic heterocycles. The molecule has 1 saturated heterocycles. The SMILES string of the molecule is O=C(Nc1ccc(SC2CCCC2)cc1)C1CCN(S(=O)(=O)c2ccc(F)cc2)CC1. The first-order valence-corrected chi connectivity index (χ1v) is 13.1. The molecule has 0 unspecified atom stereocenters. The number of anilines is 1. The largest absolute Gasteiger partial charge is 0.326 e. The molecule has 2 aromatic carbocycles. The highest BCUT2D eigenvalue weighted by atomic mass is 32.2. The summed E-state index contributed by atoms with van der Waals surface area (Å²) in [5.74, 6) is -0.776. The fraction of sp³-hybridized carbons (Fsp3) is 0.435. The number of amides is 1. The number of sulfonamides is 1. The Morgan fingerprint density at radius 3 is 2.16 bits per heavy atom. The van der Waals surface area contributed by atoms with Gasteiger partial charge in [-0.1, -0.05) is 12.8 Å². The highest BCUT2D eigenvalue weighted by Gasteiger charge is 2.32. The van der Waals surface area contributed by atoms with Crippen molar-refractivity contribution < 1.29 is 17.6 Å². The summed E-state index contributed by atoms with van der Waals surface area (Å²) < 4.78 is 39.9. The second-order valence-corrected chi connectivity index (χ2v) is 11.5. The van der Waals surface area contributed by atoms with Gasteiger partial charge in [-0.2, -0.15) is 4.31 Å². The summed E-state index contributed by atoms with van der Waals surface area (Å²) in [6.45, 7) is 0.545. The first-order chi connectivity index (χ1) is 14.9. The molecule has 1 heterocycles. The topological polar surface area (TPSA) is 66.5 Å². The van der Waals surface area contributed by atoms with E-state index in [0.29, 0.717) is 18.1 Å². The van der Waals surface area contributed by atoms with E-state index in [1.807, 2.05) is 23.9 Å². The summed E-state index contributed by atoms with van der Waals surface area (Å²) in [5.41, 5.74) is 0.766. The first kappa shape index (κ1) is 22.3. The van der Waals surface area contributed by atoms with Crippen LogP contribution in [0.1, 0.15) is 38.5 Å². The fourth-order valence-corrected chi connectivity index (χ4v) is 6.89. The van der Waals surface area contributed by atoms with Crippen molar-refractivity contribution in [1.29, 1.82) is 0 Å². The average Bonchev–Trinajstić information content (AvgIpc) is 3.28. The Balaban J connectivity index is 1.29. The van der Waals surface area contributed by atoms with Gasteiger partial charge in [-0.25, -0.2) is 12.8 Å². The number of thioether (sulfide) groups is 1. The van der Waals surface area contributed by atoms with Gasteiger partial charge in [0.2, 0.25) is 15.9 Å². The molecular formula is C23H27FN2O3S2. The highest BCUT2D eigenvalue weighted by molar-refractivity contribution is 8.00. The van der Waals surface area contributed by atoms with Gasteiger partial charge >= 0.3 is 0 Å². The molecule has 0 spiro atoms. The van der Waals surface area contributed by atoms with Crippen molar-refractivity contribution in [1.82, 2.24) is 4.31 Å². The van der Waals surface area contributed by atoms with Crippen molar-refractivity contribution in [3.8, 4) is 0 Å². The predicted octanol–water partition coefficient (Wildman–Crippen LogP) is 4.90. The molecule has 0 radical (unpaired) electrons. The van der Waals surface area contributed by atoms with Gasteiger partial charge < -0.3 is 5.32 Å². The van der Waals surface area contributed by atoms with Crippen LogP contribution in [0.5, 0.6) is 0 Å². The first-order valence-electron chi connectivity index (χ1n) is 10.7. The van der Waals surface area contributed by atoms with Crippen LogP contribution in [0.2, 0.25) is 0 Å². The van der Waals surface area contributed by atoms with Crippen molar-refractivity contribution in [2.24, 2.45) is 5.92 Å². The van der Waals surface area contributed by atoms with Crippen LogP contribution in [0.15, 0.2) is 58.3 Å². The third-order valence-corrected chi connectivity index (χ3v) is 9.26. The molecule has 0 atom stereocenters. The van der Waals surface area contributed by atoms with Crippen LogP contribution in [-0.4, -0.2) is 37.0 Å². The lowest BCUT2D eigenvalue weighted by Gasteiger charge is -2.30. The zero-order valence-electron chi connectivity index (χ0n) is 17.3. The van der Waals surface area contributed by atoms with Gasteiger partial charge in [0.25, 0.3) is 0 Å². The number of benzene rings is 2. The van der Waals surface area contributed by atoms with Crippen LogP contribution in [-0.2, 0) is 14.8 Å². The van der Waals surface area contributed by atoms with E-state index >= 15 is 0 Å². The van der Waals surface area contributed by atoms with E-state index in [1.165, 1.54) is 47.0 Å². The summed E-state index contributed by atoms with van der Waals surface area (Å²) >= 11 is 1.91. The third kappa shape index (κ3) is 5.48. The number of nitrogens with one attached hydrogen (secondary N) is 1. The number of carbonyl (C=O) groups is 1. The maximum absolute atomic E-state index is 13.1. The Morgan fingerprint density at radius 2 is 1.55 bits per heavy atom. The van der Waals surface area contributed by atoms with Crippen LogP contribution in [0.25, 0.3) is 0 Å². The van der Waals surface area contributed by atoms with Crippen molar-refractivity contribution >= 4 is 33.4 Å². The average molecular weight is 463 g/mol. The predicted molar refractivity (Wildman–Crippen MR) is 121 cm³/mol. The normalized spacial score (nSPS) is 18.9. The van der Waals surface area contributed by atoms with Gasteiger partial charge in [-0.3, -0.25) is 4.79 Å². The smallest absolute Gasteiger partial charge is 0.243 e. The molecule has 5 nitrogen and oxygen atoms in total. The molecule has 1 N–H and O–H groups in total. The number of carbonyl (C=O) groups excluding carboxylic acids is 1. The summed E-state index contributed by atoms with van der Waals surface area (Å²) in [5, 5.41) is 3.67.